The second kappa shape index (κ2) is 5.24. The molecule has 0 fully saturated rings. The minimum atomic E-state index is -3.43. The maximum Gasteiger partial charge on any atom is 0.240 e. The smallest absolute Gasteiger partial charge is 0.240 e. The van der Waals surface area contributed by atoms with Gasteiger partial charge in [0.25, 0.3) is 0 Å². The van der Waals surface area contributed by atoms with Crippen LogP contribution in [0.3, 0.4) is 0 Å². The van der Waals surface area contributed by atoms with Gasteiger partial charge in [0.15, 0.2) is 0 Å². The summed E-state index contributed by atoms with van der Waals surface area (Å²) < 4.78 is 26.9. The Balaban J connectivity index is 2.96. The molecule has 0 spiro atoms. The number of nitrogens with one attached hydrogen (secondary N) is 1. The lowest BCUT2D eigenvalue weighted by molar-refractivity contribution is 0.562. The summed E-state index contributed by atoms with van der Waals surface area (Å²) in [4.78, 5) is 0.273. The molecule has 1 aromatic rings. The standard InChI is InChI=1S/C9H13IN2O2S/c1-7(6-11)12-15(13,14)9-4-2-3-8(10)5-9/h2-5,7,12H,6,11H2,1H3/t7-/m0/s1. The van der Waals surface area contributed by atoms with Gasteiger partial charge in [-0.05, 0) is 47.7 Å². The number of rotatable bonds is 4. The summed E-state index contributed by atoms with van der Waals surface area (Å²) in [6, 6.07) is 6.47. The van der Waals surface area contributed by atoms with E-state index in [0.29, 0.717) is 0 Å². The molecule has 1 atom stereocenters. The Labute approximate surface area is 103 Å². The van der Waals surface area contributed by atoms with E-state index in [1.165, 1.54) is 0 Å². The van der Waals surface area contributed by atoms with Crippen molar-refractivity contribution in [3.05, 3.63) is 27.8 Å². The molecule has 0 amide bonds. The molecule has 0 aliphatic carbocycles. The zero-order chi connectivity index (χ0) is 11.5. The molecule has 3 N–H and O–H groups in total. The Morgan fingerprint density at radius 3 is 2.73 bits per heavy atom. The third-order valence-corrected chi connectivity index (χ3v) is 4.07. The molecule has 4 nitrogen and oxygen atoms in total. The molecule has 0 heterocycles. The van der Waals surface area contributed by atoms with Gasteiger partial charge < -0.3 is 5.73 Å². The summed E-state index contributed by atoms with van der Waals surface area (Å²) in [6.07, 6.45) is 0. The van der Waals surface area contributed by atoms with E-state index in [-0.39, 0.29) is 17.5 Å². The second-order valence-corrected chi connectivity index (χ2v) is 6.18. The molecule has 0 bridgehead atoms. The number of halogens is 1. The molecule has 0 saturated carbocycles. The van der Waals surface area contributed by atoms with Crippen molar-refractivity contribution in [2.45, 2.75) is 17.9 Å². The van der Waals surface area contributed by atoms with Gasteiger partial charge >= 0.3 is 0 Å². The Kier molecular flexibility index (Phi) is 4.50. The number of hydrogen-bond donors (Lipinski definition) is 2. The minimum absolute atomic E-state index is 0.257. The van der Waals surface area contributed by atoms with Crippen LogP contribution in [-0.2, 0) is 10.0 Å². The van der Waals surface area contributed by atoms with Crippen LogP contribution in [0.15, 0.2) is 29.2 Å². The lowest BCUT2D eigenvalue weighted by atomic mass is 10.4. The summed E-state index contributed by atoms with van der Waals surface area (Å²) in [5.41, 5.74) is 5.36. The average molecular weight is 340 g/mol. The number of sulfonamides is 1. The SMILES string of the molecule is C[C@@H](CN)NS(=O)(=O)c1cccc(I)c1. The lowest BCUT2D eigenvalue weighted by Gasteiger charge is -2.11. The maximum atomic E-state index is 11.8. The van der Waals surface area contributed by atoms with Crippen LogP contribution in [-0.4, -0.2) is 21.0 Å². The fourth-order valence-corrected chi connectivity index (χ4v) is 3.07. The Morgan fingerprint density at radius 2 is 2.20 bits per heavy atom. The third kappa shape index (κ3) is 3.71. The first-order valence-corrected chi connectivity index (χ1v) is 7.00. The van der Waals surface area contributed by atoms with Crippen molar-refractivity contribution >= 4 is 32.6 Å². The van der Waals surface area contributed by atoms with Crippen LogP contribution in [0.25, 0.3) is 0 Å². The van der Waals surface area contributed by atoms with E-state index in [0.717, 1.165) is 3.57 Å². The Morgan fingerprint density at radius 1 is 1.53 bits per heavy atom. The highest BCUT2D eigenvalue weighted by atomic mass is 127. The van der Waals surface area contributed by atoms with Gasteiger partial charge in [-0.25, -0.2) is 13.1 Å². The largest absolute Gasteiger partial charge is 0.329 e. The van der Waals surface area contributed by atoms with Crippen LogP contribution in [0, 0.1) is 3.57 Å². The number of benzene rings is 1. The summed E-state index contributed by atoms with van der Waals surface area (Å²) in [5.74, 6) is 0. The van der Waals surface area contributed by atoms with Gasteiger partial charge in [-0.15, -0.1) is 0 Å². The van der Waals surface area contributed by atoms with Crippen molar-refractivity contribution in [3.8, 4) is 0 Å². The fraction of sp³-hybridized carbons (Fsp3) is 0.333. The maximum absolute atomic E-state index is 11.8. The van der Waals surface area contributed by atoms with Gasteiger partial charge in [0.1, 0.15) is 0 Å². The highest BCUT2D eigenvalue weighted by molar-refractivity contribution is 14.1. The number of hydrogen-bond acceptors (Lipinski definition) is 3. The van der Waals surface area contributed by atoms with E-state index >= 15 is 0 Å². The average Bonchev–Trinajstić information content (AvgIpc) is 2.17. The van der Waals surface area contributed by atoms with Crippen LogP contribution in [0.1, 0.15) is 6.92 Å². The second-order valence-electron chi connectivity index (χ2n) is 3.22. The number of nitrogens with two attached hydrogens (primary N) is 1. The molecule has 15 heavy (non-hydrogen) atoms. The molecular weight excluding hydrogens is 327 g/mol. The predicted octanol–water partition coefficient (Wildman–Crippen LogP) is 0.917. The van der Waals surface area contributed by atoms with Crippen molar-refractivity contribution in [2.75, 3.05) is 6.54 Å². The van der Waals surface area contributed by atoms with Crippen molar-refractivity contribution < 1.29 is 8.42 Å². The van der Waals surface area contributed by atoms with Gasteiger partial charge in [0.2, 0.25) is 10.0 Å². The van der Waals surface area contributed by atoms with Gasteiger partial charge in [-0.1, -0.05) is 6.07 Å². The molecule has 0 aliphatic rings. The van der Waals surface area contributed by atoms with Gasteiger partial charge in [0.05, 0.1) is 4.90 Å². The monoisotopic (exact) mass is 340 g/mol. The van der Waals surface area contributed by atoms with Crippen molar-refractivity contribution in [2.24, 2.45) is 5.73 Å². The van der Waals surface area contributed by atoms with E-state index in [2.05, 4.69) is 27.3 Å². The van der Waals surface area contributed by atoms with Crippen LogP contribution < -0.4 is 10.5 Å². The molecule has 6 heteroatoms. The zero-order valence-corrected chi connectivity index (χ0v) is 11.2. The highest BCUT2D eigenvalue weighted by Crippen LogP contribution is 2.13. The quantitative estimate of drug-likeness (QED) is 0.801. The molecule has 0 saturated heterocycles. The molecule has 1 aromatic carbocycles. The van der Waals surface area contributed by atoms with Crippen LogP contribution in [0.4, 0.5) is 0 Å². The van der Waals surface area contributed by atoms with Gasteiger partial charge in [0, 0.05) is 16.2 Å². The van der Waals surface area contributed by atoms with Crippen LogP contribution in [0.5, 0.6) is 0 Å². The lowest BCUT2D eigenvalue weighted by Crippen LogP contribution is -2.37. The van der Waals surface area contributed by atoms with Crippen molar-refractivity contribution in [1.29, 1.82) is 0 Å². The zero-order valence-electron chi connectivity index (χ0n) is 8.27. The highest BCUT2D eigenvalue weighted by Gasteiger charge is 2.16. The first-order valence-electron chi connectivity index (χ1n) is 4.43. The molecule has 0 radical (unpaired) electrons. The summed E-state index contributed by atoms with van der Waals surface area (Å²) in [5, 5.41) is 0. The fourth-order valence-electron chi connectivity index (χ4n) is 1.02. The molecular formula is C9H13IN2O2S. The van der Waals surface area contributed by atoms with Crippen LogP contribution >= 0.6 is 22.6 Å². The minimum Gasteiger partial charge on any atom is -0.329 e. The third-order valence-electron chi connectivity index (χ3n) is 1.82. The summed E-state index contributed by atoms with van der Waals surface area (Å²) in [6.45, 7) is 2.01. The molecule has 84 valence electrons. The van der Waals surface area contributed by atoms with Crippen LogP contribution in [0.2, 0.25) is 0 Å². The van der Waals surface area contributed by atoms with Gasteiger partial charge in [-0.3, -0.25) is 0 Å². The van der Waals surface area contributed by atoms with E-state index in [9.17, 15) is 8.42 Å². The topological polar surface area (TPSA) is 72.2 Å². The summed E-state index contributed by atoms with van der Waals surface area (Å²) in [7, 11) is -3.43. The molecule has 0 aromatic heterocycles. The van der Waals surface area contributed by atoms with E-state index in [1.807, 2.05) is 6.07 Å². The van der Waals surface area contributed by atoms with E-state index in [1.54, 1.807) is 25.1 Å². The normalized spacial score (nSPS) is 13.8. The van der Waals surface area contributed by atoms with Crippen molar-refractivity contribution in [1.82, 2.24) is 4.72 Å². The predicted molar refractivity (Wildman–Crippen MR) is 68.0 cm³/mol. The Bertz CT molecular complexity index is 433. The molecule has 0 unspecified atom stereocenters. The van der Waals surface area contributed by atoms with E-state index in [4.69, 9.17) is 5.73 Å². The van der Waals surface area contributed by atoms with Gasteiger partial charge in [-0.2, -0.15) is 0 Å². The molecule has 1 rings (SSSR count). The first kappa shape index (κ1) is 12.9. The first-order chi connectivity index (χ1) is 6.95. The summed E-state index contributed by atoms with van der Waals surface area (Å²) >= 11 is 2.07. The van der Waals surface area contributed by atoms with Crippen molar-refractivity contribution in [3.63, 3.8) is 0 Å². The Hall–Kier alpha value is -0.180. The molecule has 0 aliphatic heterocycles. The van der Waals surface area contributed by atoms with E-state index < -0.39 is 10.0 Å².